The Balaban J connectivity index is 1.74. The van der Waals surface area contributed by atoms with Crippen LogP contribution in [0.2, 0.25) is 0 Å². The molecule has 3 rings (SSSR count). The molecule has 1 N–H and O–H groups in total. The van der Waals surface area contributed by atoms with Crippen molar-refractivity contribution in [3.8, 4) is 0 Å². The van der Waals surface area contributed by atoms with Gasteiger partial charge in [-0.05, 0) is 50.8 Å². The second kappa shape index (κ2) is 7.68. The number of amides is 2. The SMILES string of the molecule is Cc1cnn(Cc2cccc(F)c2)c1NC(=O)C(=O)N1CCCC[C@H]1C. The molecule has 1 aliphatic rings. The number of rotatable bonds is 3. The van der Waals surface area contributed by atoms with Gasteiger partial charge in [-0.2, -0.15) is 5.10 Å². The van der Waals surface area contributed by atoms with Crippen molar-refractivity contribution in [3.63, 3.8) is 0 Å². The number of aryl methyl sites for hydroxylation is 1. The third kappa shape index (κ3) is 3.92. The zero-order valence-corrected chi connectivity index (χ0v) is 15.0. The van der Waals surface area contributed by atoms with Crippen molar-refractivity contribution in [2.45, 2.75) is 45.7 Å². The molecule has 0 unspecified atom stereocenters. The van der Waals surface area contributed by atoms with Crippen LogP contribution in [-0.2, 0) is 16.1 Å². The van der Waals surface area contributed by atoms with Gasteiger partial charge in [-0.3, -0.25) is 9.59 Å². The van der Waals surface area contributed by atoms with Gasteiger partial charge < -0.3 is 10.2 Å². The van der Waals surface area contributed by atoms with Crippen LogP contribution in [0.4, 0.5) is 10.2 Å². The van der Waals surface area contributed by atoms with Crippen LogP contribution in [0.25, 0.3) is 0 Å². The van der Waals surface area contributed by atoms with Gasteiger partial charge in [0.25, 0.3) is 0 Å². The fourth-order valence-electron chi connectivity index (χ4n) is 3.26. The highest BCUT2D eigenvalue weighted by atomic mass is 19.1. The molecule has 2 aromatic rings. The summed E-state index contributed by atoms with van der Waals surface area (Å²) >= 11 is 0. The molecule has 1 saturated heterocycles. The maximum absolute atomic E-state index is 13.4. The van der Waals surface area contributed by atoms with E-state index < -0.39 is 11.8 Å². The smallest absolute Gasteiger partial charge is 0.315 e. The minimum absolute atomic E-state index is 0.0697. The first-order valence-electron chi connectivity index (χ1n) is 8.84. The summed E-state index contributed by atoms with van der Waals surface area (Å²) in [4.78, 5) is 26.6. The molecule has 0 aliphatic carbocycles. The van der Waals surface area contributed by atoms with E-state index in [1.807, 2.05) is 6.92 Å². The monoisotopic (exact) mass is 358 g/mol. The van der Waals surface area contributed by atoms with Crippen LogP contribution in [0, 0.1) is 12.7 Å². The van der Waals surface area contributed by atoms with E-state index in [4.69, 9.17) is 0 Å². The van der Waals surface area contributed by atoms with E-state index in [1.54, 1.807) is 34.8 Å². The van der Waals surface area contributed by atoms with Gasteiger partial charge in [0, 0.05) is 18.2 Å². The molecule has 0 spiro atoms. The van der Waals surface area contributed by atoms with E-state index in [9.17, 15) is 14.0 Å². The normalized spacial score (nSPS) is 17.2. The molecular weight excluding hydrogens is 335 g/mol. The van der Waals surface area contributed by atoms with Crippen LogP contribution in [0.3, 0.4) is 0 Å². The molecule has 0 saturated carbocycles. The molecular formula is C19H23FN4O2. The predicted molar refractivity (Wildman–Crippen MR) is 96.1 cm³/mol. The third-order valence-electron chi connectivity index (χ3n) is 4.73. The summed E-state index contributed by atoms with van der Waals surface area (Å²) in [7, 11) is 0. The molecule has 0 radical (unpaired) electrons. The van der Waals surface area contributed by atoms with Crippen LogP contribution >= 0.6 is 0 Å². The molecule has 0 bridgehead atoms. The Morgan fingerprint density at radius 3 is 2.88 bits per heavy atom. The van der Waals surface area contributed by atoms with Crippen LogP contribution in [0.5, 0.6) is 0 Å². The quantitative estimate of drug-likeness (QED) is 0.858. The molecule has 6 nitrogen and oxygen atoms in total. The summed E-state index contributed by atoms with van der Waals surface area (Å²) in [5.74, 6) is -1.05. The largest absolute Gasteiger partial charge is 0.332 e. The standard InChI is InChI=1S/C19H23FN4O2/c1-13-11-21-24(12-15-7-5-8-16(20)10-15)17(13)22-18(25)19(26)23-9-4-3-6-14(23)2/h5,7-8,10-11,14H,3-4,6,9,12H2,1-2H3,(H,22,25)/t14-/m1/s1. The van der Waals surface area contributed by atoms with Gasteiger partial charge >= 0.3 is 11.8 Å². The van der Waals surface area contributed by atoms with Gasteiger partial charge in [-0.15, -0.1) is 0 Å². The lowest BCUT2D eigenvalue weighted by Gasteiger charge is -2.32. The summed E-state index contributed by atoms with van der Waals surface area (Å²) in [6.45, 7) is 4.67. The minimum Gasteiger partial charge on any atom is -0.332 e. The van der Waals surface area contributed by atoms with Gasteiger partial charge in [0.1, 0.15) is 11.6 Å². The Morgan fingerprint density at radius 1 is 1.35 bits per heavy atom. The second-order valence-corrected chi connectivity index (χ2v) is 6.76. The van der Waals surface area contributed by atoms with Crippen molar-refractivity contribution in [1.29, 1.82) is 0 Å². The van der Waals surface area contributed by atoms with E-state index in [0.29, 0.717) is 18.9 Å². The van der Waals surface area contributed by atoms with Crippen molar-refractivity contribution >= 4 is 17.6 Å². The highest BCUT2D eigenvalue weighted by Crippen LogP contribution is 2.19. The number of hydrogen-bond acceptors (Lipinski definition) is 3. The first-order valence-corrected chi connectivity index (χ1v) is 8.84. The molecule has 2 amide bonds. The number of benzene rings is 1. The Hall–Kier alpha value is -2.70. The number of halogens is 1. The van der Waals surface area contributed by atoms with Crippen LogP contribution in [0.1, 0.15) is 37.3 Å². The molecule has 1 aliphatic heterocycles. The van der Waals surface area contributed by atoms with Crippen molar-refractivity contribution < 1.29 is 14.0 Å². The molecule has 2 heterocycles. The van der Waals surface area contributed by atoms with Gasteiger partial charge in [0.05, 0.1) is 12.7 Å². The number of piperidine rings is 1. The molecule has 7 heteroatoms. The van der Waals surface area contributed by atoms with Crippen molar-refractivity contribution in [2.75, 3.05) is 11.9 Å². The topological polar surface area (TPSA) is 67.2 Å². The minimum atomic E-state index is -0.664. The lowest BCUT2D eigenvalue weighted by molar-refractivity contribution is -0.145. The van der Waals surface area contributed by atoms with Gasteiger partial charge in [0.15, 0.2) is 0 Å². The summed E-state index contributed by atoms with van der Waals surface area (Å²) < 4.78 is 14.9. The molecule has 26 heavy (non-hydrogen) atoms. The van der Waals surface area contributed by atoms with E-state index in [2.05, 4.69) is 10.4 Å². The Morgan fingerprint density at radius 2 is 2.15 bits per heavy atom. The first kappa shape index (κ1) is 18.1. The maximum Gasteiger partial charge on any atom is 0.315 e. The number of nitrogens with one attached hydrogen (secondary N) is 1. The summed E-state index contributed by atoms with van der Waals surface area (Å²) in [5.41, 5.74) is 1.47. The molecule has 138 valence electrons. The Kier molecular flexibility index (Phi) is 5.35. The van der Waals surface area contributed by atoms with Gasteiger partial charge in [0.2, 0.25) is 0 Å². The van der Waals surface area contributed by atoms with Gasteiger partial charge in [-0.25, -0.2) is 9.07 Å². The third-order valence-corrected chi connectivity index (χ3v) is 4.73. The zero-order chi connectivity index (χ0) is 18.7. The van der Waals surface area contributed by atoms with E-state index in [1.165, 1.54) is 12.1 Å². The second-order valence-electron chi connectivity index (χ2n) is 6.76. The average Bonchev–Trinajstić information content (AvgIpc) is 2.95. The molecule has 1 fully saturated rings. The predicted octanol–water partition coefficient (Wildman–Crippen LogP) is 2.72. The van der Waals surface area contributed by atoms with Crippen LogP contribution in [-0.4, -0.2) is 39.1 Å². The van der Waals surface area contributed by atoms with E-state index in [-0.39, 0.29) is 11.9 Å². The van der Waals surface area contributed by atoms with Gasteiger partial charge in [-0.1, -0.05) is 12.1 Å². The number of carbonyl (C=O) groups excluding carboxylic acids is 2. The summed E-state index contributed by atoms with van der Waals surface area (Å²) in [6, 6.07) is 6.27. The number of nitrogens with zero attached hydrogens (tertiary/aromatic N) is 3. The van der Waals surface area contributed by atoms with E-state index in [0.717, 1.165) is 30.4 Å². The van der Waals surface area contributed by atoms with Crippen molar-refractivity contribution in [3.05, 3.63) is 47.4 Å². The first-order chi connectivity index (χ1) is 12.5. The van der Waals surface area contributed by atoms with Crippen LogP contribution in [0.15, 0.2) is 30.5 Å². The fraction of sp³-hybridized carbons (Fsp3) is 0.421. The zero-order valence-electron chi connectivity index (χ0n) is 15.0. The number of aromatic nitrogens is 2. The Bertz CT molecular complexity index is 818. The lowest BCUT2D eigenvalue weighted by Crippen LogP contribution is -2.47. The van der Waals surface area contributed by atoms with Crippen molar-refractivity contribution in [2.24, 2.45) is 0 Å². The molecule has 1 atom stereocenters. The number of carbonyl (C=O) groups is 2. The highest BCUT2D eigenvalue weighted by Gasteiger charge is 2.29. The summed E-state index contributed by atoms with van der Waals surface area (Å²) in [5, 5.41) is 6.92. The lowest BCUT2D eigenvalue weighted by atomic mass is 10.0. The number of hydrogen-bond donors (Lipinski definition) is 1. The molecule has 1 aromatic carbocycles. The average molecular weight is 358 g/mol. The van der Waals surface area contributed by atoms with Crippen LogP contribution < -0.4 is 5.32 Å². The molecule has 1 aromatic heterocycles. The maximum atomic E-state index is 13.4. The Labute approximate surface area is 152 Å². The number of anilines is 1. The summed E-state index contributed by atoms with van der Waals surface area (Å²) in [6.07, 6.45) is 4.52. The fourth-order valence-corrected chi connectivity index (χ4v) is 3.26. The highest BCUT2D eigenvalue weighted by molar-refractivity contribution is 6.39. The number of likely N-dealkylation sites (tertiary alicyclic amines) is 1. The van der Waals surface area contributed by atoms with Crippen molar-refractivity contribution in [1.82, 2.24) is 14.7 Å². The van der Waals surface area contributed by atoms with E-state index >= 15 is 0 Å².